The largest absolute Gasteiger partial charge is 0.322 e. The fourth-order valence-electron chi connectivity index (χ4n) is 3.59. The number of H-pyrrole nitrogens is 1. The van der Waals surface area contributed by atoms with Crippen molar-refractivity contribution in [1.82, 2.24) is 15.1 Å². The summed E-state index contributed by atoms with van der Waals surface area (Å²) in [5.74, 6) is 0. The molecule has 132 valence electrons. The highest BCUT2D eigenvalue weighted by Crippen LogP contribution is 2.36. The summed E-state index contributed by atoms with van der Waals surface area (Å²) in [6.45, 7) is 2.64. The molecule has 0 aliphatic heterocycles. The lowest BCUT2D eigenvalue weighted by Gasteiger charge is -2.30. The zero-order valence-electron chi connectivity index (χ0n) is 14.8. The van der Waals surface area contributed by atoms with Crippen molar-refractivity contribution in [3.8, 4) is 0 Å². The number of amides is 2. The van der Waals surface area contributed by atoms with Gasteiger partial charge in [-0.25, -0.2) is 4.79 Å². The average molecular weight is 346 g/mol. The lowest BCUT2D eigenvalue weighted by atomic mass is 10.1. The van der Waals surface area contributed by atoms with E-state index in [4.69, 9.17) is 0 Å². The average Bonchev–Trinajstić information content (AvgIpc) is 3.31. The number of aromatic amines is 1. The third-order valence-corrected chi connectivity index (χ3v) is 4.96. The first kappa shape index (κ1) is 16.4. The van der Waals surface area contributed by atoms with Crippen LogP contribution in [-0.4, -0.2) is 21.1 Å². The van der Waals surface area contributed by atoms with Gasteiger partial charge in [0.15, 0.2) is 0 Å². The minimum absolute atomic E-state index is 0.0828. The van der Waals surface area contributed by atoms with Crippen LogP contribution in [0.25, 0.3) is 0 Å². The van der Waals surface area contributed by atoms with Gasteiger partial charge in [-0.3, -0.25) is 5.10 Å². The number of fused-ring (bicyclic) bond motifs is 1. The van der Waals surface area contributed by atoms with E-state index >= 15 is 0 Å². The lowest BCUT2D eigenvalue weighted by molar-refractivity contribution is 0.183. The number of carbonyl (C=O) groups is 1. The zero-order valence-corrected chi connectivity index (χ0v) is 14.8. The van der Waals surface area contributed by atoms with Gasteiger partial charge in [0.1, 0.15) is 0 Å². The summed E-state index contributed by atoms with van der Waals surface area (Å²) >= 11 is 0. The molecule has 0 unspecified atom stereocenters. The van der Waals surface area contributed by atoms with Gasteiger partial charge in [-0.2, -0.15) is 5.10 Å². The van der Waals surface area contributed by atoms with Gasteiger partial charge in [0.2, 0.25) is 0 Å². The van der Waals surface area contributed by atoms with Crippen LogP contribution >= 0.6 is 0 Å². The minimum Gasteiger partial charge on any atom is -0.313 e. The number of anilines is 1. The van der Waals surface area contributed by atoms with Crippen LogP contribution in [0.15, 0.2) is 60.9 Å². The number of carbonyl (C=O) groups excluding carboxylic acids is 1. The number of nitrogens with one attached hydrogen (secondary N) is 2. The molecule has 5 heteroatoms. The van der Waals surface area contributed by atoms with Crippen LogP contribution in [0.5, 0.6) is 0 Å². The highest BCUT2D eigenvalue weighted by molar-refractivity contribution is 5.89. The molecule has 26 heavy (non-hydrogen) atoms. The molecule has 1 aromatic heterocycles. The van der Waals surface area contributed by atoms with Gasteiger partial charge in [-0.1, -0.05) is 54.1 Å². The van der Waals surface area contributed by atoms with Crippen LogP contribution in [0.1, 0.15) is 34.7 Å². The Kier molecular flexibility index (Phi) is 4.44. The summed E-state index contributed by atoms with van der Waals surface area (Å²) in [5.41, 5.74) is 5.61. The summed E-state index contributed by atoms with van der Waals surface area (Å²) in [6, 6.07) is 16.8. The van der Waals surface area contributed by atoms with E-state index in [1.807, 2.05) is 4.90 Å². The van der Waals surface area contributed by atoms with E-state index in [2.05, 4.69) is 71.0 Å². The van der Waals surface area contributed by atoms with Crippen molar-refractivity contribution in [2.45, 2.75) is 32.4 Å². The molecule has 5 nitrogen and oxygen atoms in total. The first-order chi connectivity index (χ1) is 12.7. The second-order valence-corrected chi connectivity index (χ2v) is 6.78. The fourth-order valence-corrected chi connectivity index (χ4v) is 3.59. The maximum Gasteiger partial charge on any atom is 0.322 e. The van der Waals surface area contributed by atoms with E-state index in [1.54, 1.807) is 12.4 Å². The fraction of sp³-hybridized carbons (Fsp3) is 0.238. The van der Waals surface area contributed by atoms with Crippen LogP contribution in [0, 0.1) is 6.92 Å². The van der Waals surface area contributed by atoms with Gasteiger partial charge in [0.05, 0.1) is 17.9 Å². The summed E-state index contributed by atoms with van der Waals surface area (Å²) in [6.07, 6.45) is 5.25. The molecule has 1 aliphatic carbocycles. The van der Waals surface area contributed by atoms with Crippen LogP contribution in [0.4, 0.5) is 10.5 Å². The molecule has 2 amide bonds. The number of hydrogen-bond donors (Lipinski definition) is 2. The van der Waals surface area contributed by atoms with E-state index in [1.165, 1.54) is 16.7 Å². The second kappa shape index (κ2) is 7.04. The maximum atomic E-state index is 13.1. The number of benzene rings is 2. The van der Waals surface area contributed by atoms with Crippen LogP contribution in [-0.2, 0) is 13.0 Å². The topological polar surface area (TPSA) is 61.0 Å². The Bertz CT molecular complexity index is 887. The molecule has 0 saturated heterocycles. The zero-order chi connectivity index (χ0) is 17.9. The van der Waals surface area contributed by atoms with Crippen molar-refractivity contribution in [1.29, 1.82) is 0 Å². The molecule has 2 N–H and O–H groups in total. The van der Waals surface area contributed by atoms with Crippen molar-refractivity contribution >= 4 is 11.7 Å². The molecule has 1 heterocycles. The first-order valence-electron chi connectivity index (χ1n) is 8.90. The Morgan fingerprint density at radius 2 is 2.04 bits per heavy atom. The number of nitrogens with zero attached hydrogens (tertiary/aromatic N) is 2. The first-order valence-corrected chi connectivity index (χ1v) is 8.90. The molecule has 3 aromatic rings. The molecule has 0 spiro atoms. The summed E-state index contributed by atoms with van der Waals surface area (Å²) in [5, 5.41) is 9.59. The number of aryl methyl sites for hydroxylation is 2. The SMILES string of the molecule is Cc1ccc(CN(C(=O)Nc2cn[nH]c2)[C@H]2CCc3ccccc32)cc1. The molecule has 2 aromatic carbocycles. The van der Waals surface area contributed by atoms with Gasteiger partial charge in [-0.05, 0) is 36.5 Å². The standard InChI is InChI=1S/C21H22N4O/c1-15-6-8-16(9-7-15)14-25(21(26)24-18-12-22-23-13-18)20-11-10-17-4-2-3-5-19(17)20/h2-9,12-13,20H,10-11,14H2,1H3,(H,22,23)(H,24,26)/t20-/m0/s1. The number of hydrogen-bond acceptors (Lipinski definition) is 2. The Hall–Kier alpha value is -3.08. The molecule has 0 radical (unpaired) electrons. The van der Waals surface area contributed by atoms with Crippen molar-refractivity contribution in [3.63, 3.8) is 0 Å². The van der Waals surface area contributed by atoms with Crippen LogP contribution in [0.2, 0.25) is 0 Å². The lowest BCUT2D eigenvalue weighted by Crippen LogP contribution is -2.37. The van der Waals surface area contributed by atoms with Gasteiger partial charge < -0.3 is 10.2 Å². The smallest absolute Gasteiger partial charge is 0.313 e. The quantitative estimate of drug-likeness (QED) is 0.734. The number of urea groups is 1. The molecular formula is C21H22N4O. The number of rotatable bonds is 4. The predicted molar refractivity (Wildman–Crippen MR) is 102 cm³/mol. The molecule has 4 rings (SSSR count). The predicted octanol–water partition coefficient (Wildman–Crippen LogP) is 4.44. The monoisotopic (exact) mass is 346 g/mol. The van der Waals surface area contributed by atoms with Gasteiger partial charge in [0, 0.05) is 12.7 Å². The molecule has 0 saturated carbocycles. The third-order valence-electron chi connectivity index (χ3n) is 4.96. The molecular weight excluding hydrogens is 324 g/mol. The number of aromatic nitrogens is 2. The maximum absolute atomic E-state index is 13.1. The van der Waals surface area contributed by atoms with Crippen molar-refractivity contribution in [2.75, 3.05) is 5.32 Å². The molecule has 0 fully saturated rings. The highest BCUT2D eigenvalue weighted by atomic mass is 16.2. The Balaban J connectivity index is 1.62. The highest BCUT2D eigenvalue weighted by Gasteiger charge is 2.31. The van der Waals surface area contributed by atoms with Gasteiger partial charge in [-0.15, -0.1) is 0 Å². The third kappa shape index (κ3) is 3.33. The Morgan fingerprint density at radius 1 is 1.23 bits per heavy atom. The van der Waals surface area contributed by atoms with Crippen LogP contribution in [0.3, 0.4) is 0 Å². The van der Waals surface area contributed by atoms with Crippen molar-refractivity contribution in [2.24, 2.45) is 0 Å². The van der Waals surface area contributed by atoms with Crippen molar-refractivity contribution in [3.05, 3.63) is 83.2 Å². The normalized spacial score (nSPS) is 15.5. The van der Waals surface area contributed by atoms with Crippen molar-refractivity contribution < 1.29 is 4.79 Å². The molecule has 1 atom stereocenters. The van der Waals surface area contributed by atoms with E-state index < -0.39 is 0 Å². The molecule has 1 aliphatic rings. The Labute approximate surface area is 153 Å². The summed E-state index contributed by atoms with van der Waals surface area (Å²) in [4.78, 5) is 15.0. The molecule has 0 bridgehead atoms. The summed E-state index contributed by atoms with van der Waals surface area (Å²) < 4.78 is 0. The minimum atomic E-state index is -0.103. The summed E-state index contributed by atoms with van der Waals surface area (Å²) in [7, 11) is 0. The van der Waals surface area contributed by atoms with E-state index in [0.29, 0.717) is 12.2 Å². The van der Waals surface area contributed by atoms with Gasteiger partial charge >= 0.3 is 6.03 Å². The van der Waals surface area contributed by atoms with Crippen LogP contribution < -0.4 is 5.32 Å². The second-order valence-electron chi connectivity index (χ2n) is 6.78. The van der Waals surface area contributed by atoms with E-state index in [9.17, 15) is 4.79 Å². The Morgan fingerprint density at radius 3 is 2.81 bits per heavy atom. The van der Waals surface area contributed by atoms with E-state index in [-0.39, 0.29) is 12.1 Å². The van der Waals surface area contributed by atoms with E-state index in [0.717, 1.165) is 18.4 Å². The van der Waals surface area contributed by atoms with Gasteiger partial charge in [0.25, 0.3) is 0 Å².